The molecule has 1 aliphatic heterocycles. The standard InChI is InChI=1S/C28H32ClN5O/c1-20-17-33(15-14-31-20)28(12-5-2-6-13-28)19-32-27(35)22-18-34(24-10-4-3-8-21(24)16-30)25-11-7-9-23(29)26(22)25/h3-4,7-11,18,20,31H,2,5-6,12-15,17,19H2,1H3,(H,32,35)/t20-/m1/s1. The monoisotopic (exact) mass is 489 g/mol. The third-order valence-electron chi connectivity index (χ3n) is 7.71. The predicted octanol–water partition coefficient (Wildman–Crippen LogP) is 4.88. The molecule has 3 aromatic rings. The number of nitrogens with one attached hydrogen (secondary N) is 2. The maximum Gasteiger partial charge on any atom is 0.253 e. The zero-order chi connectivity index (χ0) is 24.4. The Hall–Kier alpha value is -2.85. The van der Waals surface area contributed by atoms with Crippen molar-refractivity contribution in [3.05, 3.63) is 64.8 Å². The van der Waals surface area contributed by atoms with Gasteiger partial charge in [0.25, 0.3) is 5.91 Å². The lowest BCUT2D eigenvalue weighted by atomic mass is 9.79. The lowest BCUT2D eigenvalue weighted by Gasteiger charge is -2.49. The summed E-state index contributed by atoms with van der Waals surface area (Å²) in [5.41, 5.74) is 2.64. The summed E-state index contributed by atoms with van der Waals surface area (Å²) in [6.07, 6.45) is 7.70. The lowest BCUT2D eigenvalue weighted by Crippen LogP contribution is -2.63. The third kappa shape index (κ3) is 4.56. The van der Waals surface area contributed by atoms with Crippen molar-refractivity contribution in [1.29, 1.82) is 5.26 Å². The van der Waals surface area contributed by atoms with Gasteiger partial charge in [0, 0.05) is 49.3 Å². The van der Waals surface area contributed by atoms with Gasteiger partial charge >= 0.3 is 0 Å². The smallest absolute Gasteiger partial charge is 0.253 e. The number of aromatic nitrogens is 1. The Morgan fingerprint density at radius 2 is 2.00 bits per heavy atom. The topological polar surface area (TPSA) is 73.1 Å². The van der Waals surface area contributed by atoms with Crippen LogP contribution < -0.4 is 10.6 Å². The van der Waals surface area contributed by atoms with Crippen LogP contribution in [0.15, 0.2) is 48.7 Å². The molecule has 0 bridgehead atoms. The van der Waals surface area contributed by atoms with E-state index >= 15 is 0 Å². The molecule has 0 spiro atoms. The summed E-state index contributed by atoms with van der Waals surface area (Å²) in [4.78, 5) is 16.3. The van der Waals surface area contributed by atoms with E-state index in [0.29, 0.717) is 34.1 Å². The van der Waals surface area contributed by atoms with Crippen molar-refractivity contribution in [2.75, 3.05) is 26.2 Å². The van der Waals surface area contributed by atoms with E-state index in [1.165, 1.54) is 19.3 Å². The molecule has 2 N–H and O–H groups in total. The number of carbonyl (C=O) groups excluding carboxylic acids is 1. The van der Waals surface area contributed by atoms with Gasteiger partial charge in [0.2, 0.25) is 0 Å². The van der Waals surface area contributed by atoms with Crippen LogP contribution >= 0.6 is 11.6 Å². The van der Waals surface area contributed by atoms with Gasteiger partial charge in [-0.15, -0.1) is 0 Å². The first-order valence-corrected chi connectivity index (χ1v) is 13.0. The molecule has 1 aromatic heterocycles. The van der Waals surface area contributed by atoms with Gasteiger partial charge < -0.3 is 15.2 Å². The molecule has 1 atom stereocenters. The van der Waals surface area contributed by atoms with Crippen molar-refractivity contribution in [3.8, 4) is 11.8 Å². The van der Waals surface area contributed by atoms with Crippen LogP contribution in [0.5, 0.6) is 0 Å². The number of para-hydroxylation sites is 1. The van der Waals surface area contributed by atoms with Crippen molar-refractivity contribution in [3.63, 3.8) is 0 Å². The van der Waals surface area contributed by atoms with E-state index in [9.17, 15) is 10.1 Å². The largest absolute Gasteiger partial charge is 0.350 e. The van der Waals surface area contributed by atoms with Gasteiger partial charge in [-0.05, 0) is 44.0 Å². The average Bonchev–Trinajstić information content (AvgIpc) is 3.29. The van der Waals surface area contributed by atoms with Crippen molar-refractivity contribution in [2.45, 2.75) is 50.6 Å². The molecule has 0 unspecified atom stereocenters. The Bertz CT molecular complexity index is 1270. The quantitative estimate of drug-likeness (QED) is 0.535. The molecule has 0 radical (unpaired) electrons. The van der Waals surface area contributed by atoms with E-state index in [0.717, 1.165) is 43.7 Å². The van der Waals surface area contributed by atoms with Crippen molar-refractivity contribution in [1.82, 2.24) is 20.1 Å². The molecule has 2 aromatic carbocycles. The number of nitriles is 1. The first-order chi connectivity index (χ1) is 17.0. The number of halogens is 1. The SMILES string of the molecule is C[C@@H]1CN(C2(CNC(=O)c3cn(-c4ccccc4C#N)c4cccc(Cl)c34)CCCCC2)CCN1. The van der Waals surface area contributed by atoms with E-state index < -0.39 is 0 Å². The van der Waals surface area contributed by atoms with Gasteiger partial charge in [-0.2, -0.15) is 5.26 Å². The summed E-state index contributed by atoms with van der Waals surface area (Å²) in [6, 6.07) is 15.8. The normalized spacial score (nSPS) is 20.4. The Kier molecular flexibility index (Phi) is 6.84. The van der Waals surface area contributed by atoms with E-state index in [-0.39, 0.29) is 11.4 Å². The highest BCUT2D eigenvalue weighted by Crippen LogP contribution is 2.35. The van der Waals surface area contributed by atoms with Crippen LogP contribution in [0.3, 0.4) is 0 Å². The molecular weight excluding hydrogens is 458 g/mol. The molecule has 1 saturated carbocycles. The van der Waals surface area contributed by atoms with Crippen molar-refractivity contribution < 1.29 is 4.79 Å². The number of hydrogen-bond acceptors (Lipinski definition) is 4. The van der Waals surface area contributed by atoms with Crippen molar-refractivity contribution in [2.24, 2.45) is 0 Å². The molecule has 182 valence electrons. The molecular formula is C28H32ClN5O. The van der Waals surface area contributed by atoms with Gasteiger partial charge in [0.05, 0.1) is 27.4 Å². The van der Waals surface area contributed by atoms with Gasteiger partial charge in [-0.3, -0.25) is 9.69 Å². The van der Waals surface area contributed by atoms with Crippen LogP contribution in [0, 0.1) is 11.3 Å². The van der Waals surface area contributed by atoms with E-state index in [2.05, 4.69) is 28.5 Å². The van der Waals surface area contributed by atoms with Crippen LogP contribution in [-0.2, 0) is 0 Å². The number of nitrogens with zero attached hydrogens (tertiary/aromatic N) is 3. The second kappa shape index (κ2) is 10.0. The van der Waals surface area contributed by atoms with Gasteiger partial charge in [0.15, 0.2) is 0 Å². The molecule has 2 fully saturated rings. The number of piperazine rings is 1. The Labute approximate surface area is 211 Å². The maximum absolute atomic E-state index is 13.7. The molecule has 5 rings (SSSR count). The van der Waals surface area contributed by atoms with Crippen molar-refractivity contribution >= 4 is 28.4 Å². The second-order valence-corrected chi connectivity index (χ2v) is 10.4. The molecule has 6 nitrogen and oxygen atoms in total. The van der Waals surface area contributed by atoms with Crippen LogP contribution in [0.1, 0.15) is 54.9 Å². The number of benzene rings is 2. The highest BCUT2D eigenvalue weighted by Gasteiger charge is 2.39. The minimum Gasteiger partial charge on any atom is -0.350 e. The van der Waals surface area contributed by atoms with Crippen LogP contribution in [0.4, 0.5) is 0 Å². The number of fused-ring (bicyclic) bond motifs is 1. The Morgan fingerprint density at radius 3 is 2.77 bits per heavy atom. The number of hydrogen-bond donors (Lipinski definition) is 2. The molecule has 1 aliphatic carbocycles. The van der Waals surface area contributed by atoms with Gasteiger partial charge in [-0.25, -0.2) is 0 Å². The van der Waals surface area contributed by atoms with Gasteiger partial charge in [0.1, 0.15) is 6.07 Å². The van der Waals surface area contributed by atoms with E-state index in [1.807, 2.05) is 47.2 Å². The molecule has 2 aliphatic rings. The first-order valence-electron chi connectivity index (χ1n) is 12.6. The summed E-state index contributed by atoms with van der Waals surface area (Å²) in [7, 11) is 0. The van der Waals surface area contributed by atoms with E-state index in [4.69, 9.17) is 11.6 Å². The average molecular weight is 490 g/mol. The third-order valence-corrected chi connectivity index (χ3v) is 8.02. The van der Waals surface area contributed by atoms with Crippen LogP contribution in [0.2, 0.25) is 5.02 Å². The zero-order valence-corrected chi connectivity index (χ0v) is 20.9. The number of amides is 1. The second-order valence-electron chi connectivity index (χ2n) is 9.94. The molecule has 1 amide bonds. The molecule has 7 heteroatoms. The fourth-order valence-corrected chi connectivity index (χ4v) is 6.18. The Balaban J connectivity index is 1.48. The summed E-state index contributed by atoms with van der Waals surface area (Å²) in [5.74, 6) is -0.121. The molecule has 35 heavy (non-hydrogen) atoms. The molecule has 1 saturated heterocycles. The molecule has 2 heterocycles. The fourth-order valence-electron chi connectivity index (χ4n) is 5.91. The van der Waals surface area contributed by atoms with Crippen LogP contribution in [0.25, 0.3) is 16.6 Å². The maximum atomic E-state index is 13.7. The summed E-state index contributed by atoms with van der Waals surface area (Å²) < 4.78 is 1.91. The highest BCUT2D eigenvalue weighted by atomic mass is 35.5. The van der Waals surface area contributed by atoms with E-state index in [1.54, 1.807) is 6.07 Å². The number of rotatable bonds is 5. The fraction of sp³-hybridized carbons (Fsp3) is 0.429. The highest BCUT2D eigenvalue weighted by molar-refractivity contribution is 6.37. The summed E-state index contributed by atoms with van der Waals surface area (Å²) >= 11 is 6.62. The first kappa shape index (κ1) is 23.9. The minimum absolute atomic E-state index is 0.000157. The lowest BCUT2D eigenvalue weighted by molar-refractivity contribution is 0.0273. The summed E-state index contributed by atoms with van der Waals surface area (Å²) in [6.45, 7) is 5.86. The van der Waals surface area contributed by atoms with Gasteiger partial charge in [-0.1, -0.05) is 49.1 Å². The Morgan fingerprint density at radius 1 is 1.20 bits per heavy atom. The number of carbonyl (C=O) groups is 1. The summed E-state index contributed by atoms with van der Waals surface area (Å²) in [5, 5.41) is 17.7. The predicted molar refractivity (Wildman–Crippen MR) is 140 cm³/mol. The zero-order valence-electron chi connectivity index (χ0n) is 20.2. The van der Waals surface area contributed by atoms with Crippen LogP contribution in [-0.4, -0.2) is 53.1 Å². The minimum atomic E-state index is -0.121.